The van der Waals surface area contributed by atoms with E-state index >= 15 is 0 Å². The molecule has 2 aliphatic heterocycles. The smallest absolute Gasteiger partial charge is 0.00218 e. The maximum Gasteiger partial charge on any atom is -0.00218 e. The predicted molar refractivity (Wildman–Crippen MR) is 53.5 cm³/mol. The number of piperidine rings is 1. The van der Waals surface area contributed by atoms with Gasteiger partial charge in [0, 0.05) is 0 Å². The second-order valence-electron chi connectivity index (χ2n) is 3.82. The highest BCUT2D eigenvalue weighted by molar-refractivity contribution is 4.58. The molecule has 12 heavy (non-hydrogen) atoms. The summed E-state index contributed by atoms with van der Waals surface area (Å²) in [6.45, 7) is 5.14. The zero-order valence-corrected chi connectivity index (χ0v) is 8.31. The fourth-order valence-corrected chi connectivity index (χ4v) is 1.68. The number of likely N-dealkylation sites (tertiary alicyclic amines) is 1. The lowest BCUT2D eigenvalue weighted by atomic mass is 10.1. The highest BCUT2D eigenvalue weighted by atomic mass is 15.1. The first-order valence-electron chi connectivity index (χ1n) is 5.29. The van der Waals surface area contributed by atoms with Crippen molar-refractivity contribution in [1.82, 2.24) is 10.2 Å². The number of hydrogen-bond acceptors (Lipinski definition) is 2. The van der Waals surface area contributed by atoms with Crippen LogP contribution in [0.1, 0.15) is 32.1 Å². The summed E-state index contributed by atoms with van der Waals surface area (Å²) in [5.41, 5.74) is 0. The van der Waals surface area contributed by atoms with Crippen LogP contribution in [0.25, 0.3) is 0 Å². The van der Waals surface area contributed by atoms with Gasteiger partial charge < -0.3 is 10.2 Å². The molecule has 0 aromatic rings. The summed E-state index contributed by atoms with van der Waals surface area (Å²) in [4.78, 5) is 2.39. The van der Waals surface area contributed by atoms with Crippen LogP contribution in [0.2, 0.25) is 0 Å². The molecule has 0 bridgehead atoms. The van der Waals surface area contributed by atoms with Crippen LogP contribution in [0.3, 0.4) is 0 Å². The van der Waals surface area contributed by atoms with E-state index in [0.717, 1.165) is 0 Å². The highest BCUT2D eigenvalue weighted by Crippen LogP contribution is 2.04. The topological polar surface area (TPSA) is 15.3 Å². The third-order valence-corrected chi connectivity index (χ3v) is 2.54. The van der Waals surface area contributed by atoms with E-state index in [1.54, 1.807) is 0 Å². The molecule has 72 valence electrons. The van der Waals surface area contributed by atoms with Gasteiger partial charge in [0.2, 0.25) is 0 Å². The van der Waals surface area contributed by atoms with Crippen LogP contribution >= 0.6 is 0 Å². The van der Waals surface area contributed by atoms with Gasteiger partial charge in [0.05, 0.1) is 0 Å². The minimum Gasteiger partial charge on any atom is -0.317 e. The van der Waals surface area contributed by atoms with E-state index in [2.05, 4.69) is 17.3 Å². The second-order valence-corrected chi connectivity index (χ2v) is 3.82. The van der Waals surface area contributed by atoms with Gasteiger partial charge in [0.1, 0.15) is 0 Å². The molecule has 0 saturated carbocycles. The fraction of sp³-hybridized carbons (Fsp3) is 1.00. The molecule has 0 unspecified atom stereocenters. The fourth-order valence-electron chi connectivity index (χ4n) is 1.68. The summed E-state index contributed by atoms with van der Waals surface area (Å²) in [5, 5.41) is 3.22. The first-order valence-corrected chi connectivity index (χ1v) is 5.29. The maximum atomic E-state index is 3.22. The molecule has 2 fully saturated rings. The first kappa shape index (κ1) is 10.0. The lowest BCUT2D eigenvalue weighted by Gasteiger charge is -2.20. The molecule has 0 aromatic carbocycles. The average molecular weight is 170 g/mol. The molecule has 0 atom stereocenters. The molecule has 0 radical (unpaired) electrons. The number of hydrogen-bond donors (Lipinski definition) is 1. The van der Waals surface area contributed by atoms with Crippen molar-refractivity contribution in [3.05, 3.63) is 0 Å². The Bertz CT molecular complexity index is 86.4. The van der Waals surface area contributed by atoms with Crippen LogP contribution in [-0.4, -0.2) is 38.1 Å². The van der Waals surface area contributed by atoms with Crippen LogP contribution in [0, 0.1) is 0 Å². The van der Waals surface area contributed by atoms with Crippen LogP contribution < -0.4 is 5.32 Å². The molecule has 1 N–H and O–H groups in total. The monoisotopic (exact) mass is 170 g/mol. The van der Waals surface area contributed by atoms with Crippen LogP contribution in [0.15, 0.2) is 0 Å². The van der Waals surface area contributed by atoms with Crippen molar-refractivity contribution < 1.29 is 0 Å². The Morgan fingerprint density at radius 2 is 1.42 bits per heavy atom. The Kier molecular flexibility index (Phi) is 5.37. The Morgan fingerprint density at radius 3 is 1.67 bits per heavy atom. The average Bonchev–Trinajstić information content (AvgIpc) is 2.62. The van der Waals surface area contributed by atoms with Crippen LogP contribution in [-0.2, 0) is 0 Å². The quantitative estimate of drug-likeness (QED) is 0.592. The minimum atomic E-state index is 1.25. The lowest BCUT2D eigenvalue weighted by Crippen LogP contribution is -2.24. The third-order valence-electron chi connectivity index (χ3n) is 2.54. The zero-order chi connectivity index (χ0) is 8.65. The van der Waals surface area contributed by atoms with Gasteiger partial charge in [-0.3, -0.25) is 0 Å². The van der Waals surface area contributed by atoms with E-state index in [-0.39, 0.29) is 0 Å². The zero-order valence-electron chi connectivity index (χ0n) is 8.31. The highest BCUT2D eigenvalue weighted by Gasteiger charge is 2.02. The largest absolute Gasteiger partial charge is 0.317 e. The summed E-state index contributed by atoms with van der Waals surface area (Å²) in [6.07, 6.45) is 7.05. The van der Waals surface area contributed by atoms with Gasteiger partial charge in [-0.1, -0.05) is 6.42 Å². The second kappa shape index (κ2) is 6.44. The van der Waals surface area contributed by atoms with Gasteiger partial charge in [-0.05, 0) is 58.9 Å². The molecule has 0 aliphatic carbocycles. The van der Waals surface area contributed by atoms with E-state index < -0.39 is 0 Å². The molecule has 0 spiro atoms. The van der Waals surface area contributed by atoms with E-state index in [1.165, 1.54) is 58.3 Å². The van der Waals surface area contributed by atoms with Crippen molar-refractivity contribution >= 4 is 0 Å². The first-order chi connectivity index (χ1) is 5.89. The van der Waals surface area contributed by atoms with E-state index in [1.807, 2.05) is 0 Å². The molecular formula is C10H22N2. The van der Waals surface area contributed by atoms with E-state index in [9.17, 15) is 0 Å². The molecule has 2 saturated heterocycles. The Hall–Kier alpha value is -0.0800. The SMILES string of the molecule is C1CCNC1.CN1CCCCC1. The normalized spacial score (nSPS) is 24.8. The Labute approximate surface area is 76.3 Å². The van der Waals surface area contributed by atoms with Crippen molar-refractivity contribution in [2.45, 2.75) is 32.1 Å². The van der Waals surface area contributed by atoms with Gasteiger partial charge >= 0.3 is 0 Å². The summed E-state index contributed by atoms with van der Waals surface area (Å²) in [6, 6.07) is 0. The Balaban J connectivity index is 0.000000127. The maximum absolute atomic E-state index is 3.22. The summed E-state index contributed by atoms with van der Waals surface area (Å²) in [7, 11) is 2.19. The molecule has 2 heterocycles. The summed E-state index contributed by atoms with van der Waals surface area (Å²) < 4.78 is 0. The van der Waals surface area contributed by atoms with Crippen molar-refractivity contribution in [2.75, 3.05) is 33.2 Å². The molecular weight excluding hydrogens is 148 g/mol. The van der Waals surface area contributed by atoms with Crippen molar-refractivity contribution in [3.8, 4) is 0 Å². The molecule has 0 aromatic heterocycles. The van der Waals surface area contributed by atoms with Crippen LogP contribution in [0.5, 0.6) is 0 Å². The number of nitrogens with one attached hydrogen (secondary N) is 1. The molecule has 0 amide bonds. The third kappa shape index (κ3) is 4.73. The van der Waals surface area contributed by atoms with Crippen LogP contribution in [0.4, 0.5) is 0 Å². The van der Waals surface area contributed by atoms with Gasteiger partial charge in [0.15, 0.2) is 0 Å². The van der Waals surface area contributed by atoms with Crippen molar-refractivity contribution in [3.63, 3.8) is 0 Å². The van der Waals surface area contributed by atoms with Gasteiger partial charge in [-0.15, -0.1) is 0 Å². The Morgan fingerprint density at radius 1 is 0.833 bits per heavy atom. The van der Waals surface area contributed by atoms with Gasteiger partial charge in [-0.2, -0.15) is 0 Å². The minimum absolute atomic E-state index is 1.25. The van der Waals surface area contributed by atoms with Gasteiger partial charge in [-0.25, -0.2) is 0 Å². The lowest BCUT2D eigenvalue weighted by molar-refractivity contribution is 0.277. The molecule has 2 rings (SSSR count). The number of nitrogens with zero attached hydrogens (tertiary/aromatic N) is 1. The van der Waals surface area contributed by atoms with Crippen molar-refractivity contribution in [1.29, 1.82) is 0 Å². The number of rotatable bonds is 0. The molecule has 2 aliphatic rings. The summed E-state index contributed by atoms with van der Waals surface area (Å²) >= 11 is 0. The van der Waals surface area contributed by atoms with Crippen molar-refractivity contribution in [2.24, 2.45) is 0 Å². The van der Waals surface area contributed by atoms with Gasteiger partial charge in [0.25, 0.3) is 0 Å². The summed E-state index contributed by atoms with van der Waals surface area (Å²) in [5.74, 6) is 0. The van der Waals surface area contributed by atoms with E-state index in [4.69, 9.17) is 0 Å². The molecule has 2 heteroatoms. The standard InChI is InChI=1S/C6H13N.C4H9N/c1-7-5-3-2-4-6-7;1-2-4-5-3-1/h2-6H2,1H3;5H,1-4H2. The van der Waals surface area contributed by atoms with E-state index in [0.29, 0.717) is 0 Å². The molecule has 2 nitrogen and oxygen atoms in total. The predicted octanol–water partition coefficient (Wildman–Crippen LogP) is 1.47.